The van der Waals surface area contributed by atoms with Crippen molar-refractivity contribution in [2.75, 3.05) is 0 Å². The standard InChI is InChI=1S/C100H64N6/c1-7-25-65(26-8-1)93-101-95(105-97(103-93)71-53-55-79-77-37-21-23-41-87(77)99(89(79)61-71,73-29-11-3-12-30-73)74-31-13-4-14-32-74)67-47-43-63(44-48-67)69-51-57-83-85(59-69)91-81-39-19-20-40-82(81)92(83)86-60-70(52-58-84(86)91)64-45-49-68(50-46-64)96-102-94(66-27-9-2-10-28-66)104-98(106-96)72-54-56-80-78-38-22-24-42-88(78)100(90(80)62-72,75-33-15-5-16-34-75)76-35-17-6-18-36-76/h1-62,91-92H. The van der Waals surface area contributed by atoms with Gasteiger partial charge in [0.25, 0.3) is 0 Å². The molecule has 0 aliphatic heterocycles. The third kappa shape index (κ3) is 9.51. The minimum absolute atomic E-state index is 0.0757. The van der Waals surface area contributed by atoms with E-state index < -0.39 is 10.8 Å². The van der Waals surface area contributed by atoms with Gasteiger partial charge in [0, 0.05) is 45.2 Å². The lowest BCUT2D eigenvalue weighted by atomic mass is 9.60. The van der Waals surface area contributed by atoms with Gasteiger partial charge in [-0.25, -0.2) is 29.9 Å². The molecule has 0 radical (unpaired) electrons. The first-order chi connectivity index (χ1) is 52.5. The van der Waals surface area contributed by atoms with Crippen LogP contribution in [0.5, 0.6) is 0 Å². The summed E-state index contributed by atoms with van der Waals surface area (Å²) in [6.07, 6.45) is 0. The quantitative estimate of drug-likeness (QED) is 0.121. The highest BCUT2D eigenvalue weighted by molar-refractivity contribution is 5.91. The van der Waals surface area contributed by atoms with E-state index >= 15 is 0 Å². The average molecular weight is 1350 g/mol. The van der Waals surface area contributed by atoms with Gasteiger partial charge in [-0.15, -0.1) is 0 Å². The number of rotatable bonds is 12. The predicted molar refractivity (Wildman–Crippen MR) is 426 cm³/mol. The molecule has 0 spiro atoms. The maximum absolute atomic E-state index is 5.36. The Morgan fingerprint density at radius 2 is 0.406 bits per heavy atom. The molecule has 2 heterocycles. The first-order valence-electron chi connectivity index (χ1n) is 36.5. The molecule has 0 amide bonds. The number of hydrogen-bond acceptors (Lipinski definition) is 6. The van der Waals surface area contributed by atoms with Gasteiger partial charge in [-0.3, -0.25) is 0 Å². The average Bonchev–Trinajstić information content (AvgIpc) is 1.04. The van der Waals surface area contributed by atoms with E-state index in [1.54, 1.807) is 0 Å². The fourth-order valence-electron chi connectivity index (χ4n) is 18.1. The van der Waals surface area contributed by atoms with Crippen LogP contribution in [0.3, 0.4) is 0 Å². The molecule has 2 unspecified atom stereocenters. The third-order valence-electron chi connectivity index (χ3n) is 22.8. The Hall–Kier alpha value is -13.7. The van der Waals surface area contributed by atoms with E-state index in [0.29, 0.717) is 34.9 Å². The van der Waals surface area contributed by atoms with Gasteiger partial charge >= 0.3 is 0 Å². The largest absolute Gasteiger partial charge is 0.208 e. The van der Waals surface area contributed by atoms with Crippen LogP contribution in [0.25, 0.3) is 113 Å². The number of benzene rings is 15. The summed E-state index contributed by atoms with van der Waals surface area (Å²) in [7, 11) is 0. The van der Waals surface area contributed by atoms with Crippen LogP contribution < -0.4 is 0 Å². The molecule has 494 valence electrons. The molecule has 6 heteroatoms. The van der Waals surface area contributed by atoms with Crippen molar-refractivity contribution in [2.45, 2.75) is 22.7 Å². The van der Waals surface area contributed by atoms with Gasteiger partial charge in [-0.2, -0.15) is 0 Å². The highest BCUT2D eigenvalue weighted by atomic mass is 15.0. The van der Waals surface area contributed by atoms with Crippen LogP contribution in [0.15, 0.2) is 376 Å². The first-order valence-corrected chi connectivity index (χ1v) is 36.5. The summed E-state index contributed by atoms with van der Waals surface area (Å²) in [4.78, 5) is 31.7. The Morgan fingerprint density at radius 1 is 0.160 bits per heavy atom. The van der Waals surface area contributed by atoms with Gasteiger partial charge in [-0.1, -0.05) is 352 Å². The van der Waals surface area contributed by atoms with E-state index in [1.807, 2.05) is 36.4 Å². The van der Waals surface area contributed by atoms with Gasteiger partial charge < -0.3 is 0 Å². The molecule has 0 N–H and O–H groups in total. The molecule has 0 fully saturated rings. The summed E-state index contributed by atoms with van der Waals surface area (Å²) < 4.78 is 0. The van der Waals surface area contributed by atoms with Crippen molar-refractivity contribution in [1.29, 1.82) is 0 Å². The SMILES string of the molecule is c1ccc(-c2nc(-c3ccc(-c4ccc5c(c4)C4c6ccccc6C5c5cc(-c6ccc(-c7nc(-c8ccccc8)nc(-c8ccc9c(c8)C(c8ccccc8)(c8ccccc8)c8ccccc8-9)n7)cc6)ccc54)cc3)nc(-c3ccc4c(c3)C(c3ccccc3)(c3ccccc3)c3ccccc3-4)n2)cc1. The third-order valence-corrected chi connectivity index (χ3v) is 22.8. The summed E-state index contributed by atoms with van der Waals surface area (Å²) in [6, 6.07) is 136. The second kappa shape index (κ2) is 24.5. The van der Waals surface area contributed by atoms with Crippen molar-refractivity contribution < 1.29 is 0 Å². The minimum Gasteiger partial charge on any atom is -0.208 e. The Balaban J connectivity index is 0.603. The van der Waals surface area contributed by atoms with Crippen LogP contribution in [-0.2, 0) is 10.8 Å². The van der Waals surface area contributed by atoms with Crippen LogP contribution in [0.1, 0.15) is 89.7 Å². The summed E-state index contributed by atoms with van der Waals surface area (Å²) in [5.74, 6) is 3.87. The fraction of sp³-hybridized carbons (Fsp3) is 0.0400. The smallest absolute Gasteiger partial charge is 0.164 e. The zero-order valence-corrected chi connectivity index (χ0v) is 57.6. The lowest BCUT2D eigenvalue weighted by Crippen LogP contribution is -2.28. The number of aromatic nitrogens is 6. The highest BCUT2D eigenvalue weighted by Gasteiger charge is 2.48. The fourth-order valence-corrected chi connectivity index (χ4v) is 18.1. The summed E-state index contributed by atoms with van der Waals surface area (Å²) in [6.45, 7) is 0. The summed E-state index contributed by atoms with van der Waals surface area (Å²) in [5.41, 5.74) is 31.8. The Bertz CT molecular complexity index is 5840. The minimum atomic E-state index is -0.565. The van der Waals surface area contributed by atoms with Gasteiger partial charge in [0.05, 0.1) is 10.8 Å². The van der Waals surface area contributed by atoms with Crippen molar-refractivity contribution >= 4 is 0 Å². The van der Waals surface area contributed by atoms with Gasteiger partial charge in [0.2, 0.25) is 0 Å². The Morgan fingerprint density at radius 3 is 0.755 bits per heavy atom. The van der Waals surface area contributed by atoms with E-state index in [-0.39, 0.29) is 11.8 Å². The predicted octanol–water partition coefficient (Wildman–Crippen LogP) is 23.1. The number of fused-ring (bicyclic) bond motifs is 6. The van der Waals surface area contributed by atoms with E-state index in [9.17, 15) is 0 Å². The zero-order chi connectivity index (χ0) is 69.9. The van der Waals surface area contributed by atoms with E-state index in [4.69, 9.17) is 29.9 Å². The second-order valence-corrected chi connectivity index (χ2v) is 28.3. The molecule has 2 bridgehead atoms. The molecule has 17 aromatic rings. The van der Waals surface area contributed by atoms with Crippen molar-refractivity contribution in [3.05, 3.63) is 454 Å². The van der Waals surface area contributed by atoms with E-state index in [2.05, 4.69) is 340 Å². The molecule has 5 aliphatic carbocycles. The van der Waals surface area contributed by atoms with E-state index in [0.717, 1.165) is 44.5 Å². The molecular formula is C100H64N6. The van der Waals surface area contributed by atoms with Crippen LogP contribution in [0.2, 0.25) is 0 Å². The molecule has 2 atom stereocenters. The molecule has 6 nitrogen and oxygen atoms in total. The molecule has 2 aromatic heterocycles. The van der Waals surface area contributed by atoms with Crippen molar-refractivity contribution in [2.24, 2.45) is 0 Å². The molecule has 0 saturated carbocycles. The van der Waals surface area contributed by atoms with Gasteiger partial charge in [0.1, 0.15) is 0 Å². The normalized spacial score (nSPS) is 14.8. The maximum atomic E-state index is 5.36. The topological polar surface area (TPSA) is 77.3 Å². The highest BCUT2D eigenvalue weighted by Crippen LogP contribution is 2.60. The number of nitrogens with zero attached hydrogens (tertiary/aromatic N) is 6. The monoisotopic (exact) mass is 1350 g/mol. The van der Waals surface area contributed by atoms with Crippen LogP contribution in [-0.4, -0.2) is 29.9 Å². The molecular weight excluding hydrogens is 1290 g/mol. The van der Waals surface area contributed by atoms with Crippen LogP contribution in [0, 0.1) is 0 Å². The zero-order valence-electron chi connectivity index (χ0n) is 57.6. The molecule has 106 heavy (non-hydrogen) atoms. The summed E-state index contributed by atoms with van der Waals surface area (Å²) >= 11 is 0. The molecule has 5 aliphatic rings. The van der Waals surface area contributed by atoms with Crippen molar-refractivity contribution in [3.63, 3.8) is 0 Å². The maximum Gasteiger partial charge on any atom is 0.164 e. The van der Waals surface area contributed by atoms with Gasteiger partial charge in [-0.05, 0) is 147 Å². The second-order valence-electron chi connectivity index (χ2n) is 28.3. The van der Waals surface area contributed by atoms with Crippen LogP contribution in [0.4, 0.5) is 0 Å². The molecule has 22 rings (SSSR count). The Labute approximate surface area is 615 Å². The lowest BCUT2D eigenvalue weighted by Gasteiger charge is -2.42. The lowest BCUT2D eigenvalue weighted by molar-refractivity contribution is 0.755. The van der Waals surface area contributed by atoms with Crippen molar-refractivity contribution in [1.82, 2.24) is 29.9 Å². The van der Waals surface area contributed by atoms with Crippen LogP contribution >= 0.6 is 0 Å². The Kier molecular flexibility index (Phi) is 14.1. The molecule has 15 aromatic carbocycles. The number of hydrogen-bond donors (Lipinski definition) is 0. The van der Waals surface area contributed by atoms with Crippen molar-refractivity contribution in [3.8, 4) is 113 Å². The molecule has 0 saturated heterocycles. The van der Waals surface area contributed by atoms with E-state index in [1.165, 1.54) is 111 Å². The summed E-state index contributed by atoms with van der Waals surface area (Å²) in [5, 5.41) is 0. The first kappa shape index (κ1) is 61.0. The van der Waals surface area contributed by atoms with Gasteiger partial charge in [0.15, 0.2) is 34.9 Å².